The monoisotopic (exact) mass is 340 g/mol. The van der Waals surface area contributed by atoms with Crippen molar-refractivity contribution in [2.24, 2.45) is 0 Å². The van der Waals surface area contributed by atoms with E-state index in [9.17, 15) is 4.79 Å². The number of imidazole rings is 1. The number of hydrogen-bond acceptors (Lipinski definition) is 4. The van der Waals surface area contributed by atoms with E-state index in [1.165, 1.54) is 5.56 Å². The first-order valence-corrected chi connectivity index (χ1v) is 8.69. The Kier molecular flexibility index (Phi) is 4.76. The van der Waals surface area contributed by atoms with Gasteiger partial charge in [-0.05, 0) is 26.3 Å². The lowest BCUT2D eigenvalue weighted by atomic mass is 10.1. The van der Waals surface area contributed by atoms with E-state index in [4.69, 9.17) is 0 Å². The number of nitrogens with one attached hydrogen (secondary N) is 1. The summed E-state index contributed by atoms with van der Waals surface area (Å²) in [4.78, 5) is 21.0. The topological polar surface area (TPSA) is 59.8 Å². The van der Waals surface area contributed by atoms with Gasteiger partial charge in [0, 0.05) is 17.3 Å². The van der Waals surface area contributed by atoms with E-state index in [-0.39, 0.29) is 18.5 Å². The third kappa shape index (κ3) is 3.89. The Bertz CT molecular complexity index is 835. The van der Waals surface area contributed by atoms with Crippen LogP contribution in [-0.2, 0) is 11.3 Å². The van der Waals surface area contributed by atoms with Gasteiger partial charge in [0.25, 0.3) is 0 Å². The molecule has 3 aromatic rings. The molecule has 124 valence electrons. The Labute approximate surface area is 145 Å². The van der Waals surface area contributed by atoms with Crippen LogP contribution in [0.3, 0.4) is 0 Å². The van der Waals surface area contributed by atoms with Gasteiger partial charge < -0.3 is 9.88 Å². The molecule has 0 spiro atoms. The average Bonchev–Trinajstić information content (AvgIpc) is 3.16. The average molecular weight is 340 g/mol. The standard InChI is InChI=1S/C18H20N4OS/c1-12-4-6-15(7-5-12)14(3)21-17(23)9-22-8-16(19-11-22)18-20-13(2)10-24-18/h4-8,10-11,14H,9H2,1-3H3,(H,21,23)/t14-/m0/s1. The maximum atomic E-state index is 12.2. The van der Waals surface area contributed by atoms with Crippen molar-refractivity contribution >= 4 is 17.2 Å². The van der Waals surface area contributed by atoms with Crippen LogP contribution in [-0.4, -0.2) is 20.4 Å². The Morgan fingerprint density at radius 2 is 2.04 bits per heavy atom. The first kappa shape index (κ1) is 16.4. The molecule has 0 unspecified atom stereocenters. The van der Waals surface area contributed by atoms with Gasteiger partial charge in [-0.2, -0.15) is 0 Å². The SMILES string of the molecule is Cc1ccc([C@H](C)NC(=O)Cn2cnc(-c3nc(C)cs3)c2)cc1. The fourth-order valence-corrected chi connectivity index (χ4v) is 3.18. The minimum Gasteiger partial charge on any atom is -0.348 e. The van der Waals surface area contributed by atoms with Gasteiger partial charge in [0.15, 0.2) is 0 Å². The molecule has 0 bridgehead atoms. The van der Waals surface area contributed by atoms with Crippen LogP contribution in [0.2, 0.25) is 0 Å². The number of benzene rings is 1. The number of rotatable bonds is 5. The van der Waals surface area contributed by atoms with Crippen LogP contribution >= 0.6 is 11.3 Å². The van der Waals surface area contributed by atoms with Gasteiger partial charge >= 0.3 is 0 Å². The summed E-state index contributed by atoms with van der Waals surface area (Å²) < 4.78 is 1.78. The molecule has 0 aliphatic rings. The van der Waals surface area contributed by atoms with E-state index in [0.29, 0.717) is 0 Å². The van der Waals surface area contributed by atoms with Crippen LogP contribution in [0.5, 0.6) is 0 Å². The van der Waals surface area contributed by atoms with E-state index < -0.39 is 0 Å². The molecule has 1 amide bonds. The Balaban J connectivity index is 1.60. The highest BCUT2D eigenvalue weighted by molar-refractivity contribution is 7.13. The number of thiazole rings is 1. The number of aryl methyl sites for hydroxylation is 2. The quantitative estimate of drug-likeness (QED) is 0.773. The summed E-state index contributed by atoms with van der Waals surface area (Å²) in [5.41, 5.74) is 4.08. The molecule has 2 aromatic heterocycles. The van der Waals surface area contributed by atoms with Crippen molar-refractivity contribution in [3.8, 4) is 10.7 Å². The fraction of sp³-hybridized carbons (Fsp3) is 0.278. The summed E-state index contributed by atoms with van der Waals surface area (Å²) >= 11 is 1.56. The second-order valence-corrected chi connectivity index (χ2v) is 6.78. The van der Waals surface area contributed by atoms with Crippen LogP contribution in [0, 0.1) is 13.8 Å². The summed E-state index contributed by atoms with van der Waals surface area (Å²) in [5, 5.41) is 5.88. The fourth-order valence-electron chi connectivity index (χ4n) is 2.42. The van der Waals surface area contributed by atoms with Gasteiger partial charge in [-0.15, -0.1) is 11.3 Å². The summed E-state index contributed by atoms with van der Waals surface area (Å²) in [7, 11) is 0. The van der Waals surface area contributed by atoms with E-state index in [1.807, 2.05) is 44.5 Å². The van der Waals surface area contributed by atoms with Crippen LogP contribution in [0.4, 0.5) is 0 Å². The lowest BCUT2D eigenvalue weighted by Crippen LogP contribution is -2.29. The van der Waals surface area contributed by atoms with Crippen molar-refractivity contribution in [3.05, 3.63) is 59.0 Å². The zero-order valence-corrected chi connectivity index (χ0v) is 14.8. The predicted octanol–water partition coefficient (Wildman–Crippen LogP) is 3.50. The predicted molar refractivity (Wildman–Crippen MR) is 95.8 cm³/mol. The highest BCUT2D eigenvalue weighted by atomic mass is 32.1. The van der Waals surface area contributed by atoms with Crippen LogP contribution < -0.4 is 5.32 Å². The maximum absolute atomic E-state index is 12.2. The van der Waals surface area contributed by atoms with Crippen molar-refractivity contribution in [3.63, 3.8) is 0 Å². The Morgan fingerprint density at radius 3 is 2.71 bits per heavy atom. The Hall–Kier alpha value is -2.47. The van der Waals surface area contributed by atoms with Gasteiger partial charge in [-0.25, -0.2) is 9.97 Å². The molecule has 0 aliphatic carbocycles. The van der Waals surface area contributed by atoms with Crippen molar-refractivity contribution in [2.75, 3.05) is 0 Å². The first-order valence-electron chi connectivity index (χ1n) is 7.81. The molecule has 1 N–H and O–H groups in total. The molecular formula is C18H20N4OS. The summed E-state index contributed by atoms with van der Waals surface area (Å²) in [5.74, 6) is -0.0395. The van der Waals surface area contributed by atoms with Crippen LogP contribution in [0.15, 0.2) is 42.2 Å². The Morgan fingerprint density at radius 1 is 1.29 bits per heavy atom. The smallest absolute Gasteiger partial charge is 0.240 e. The van der Waals surface area contributed by atoms with Gasteiger partial charge in [-0.1, -0.05) is 29.8 Å². The molecule has 1 atom stereocenters. The van der Waals surface area contributed by atoms with Gasteiger partial charge in [0.05, 0.1) is 12.4 Å². The van der Waals surface area contributed by atoms with Crippen molar-refractivity contribution in [2.45, 2.75) is 33.4 Å². The third-order valence-electron chi connectivity index (χ3n) is 3.75. The summed E-state index contributed by atoms with van der Waals surface area (Å²) in [6.45, 7) is 6.23. The third-order valence-corrected chi connectivity index (χ3v) is 4.74. The number of nitrogens with zero attached hydrogens (tertiary/aromatic N) is 3. The lowest BCUT2D eigenvalue weighted by molar-refractivity contribution is -0.122. The molecule has 2 heterocycles. The molecule has 1 aromatic carbocycles. The highest BCUT2D eigenvalue weighted by Crippen LogP contribution is 2.21. The molecular weight excluding hydrogens is 320 g/mol. The van der Waals surface area contributed by atoms with Gasteiger partial charge in [0.1, 0.15) is 17.2 Å². The van der Waals surface area contributed by atoms with Crippen molar-refractivity contribution in [1.82, 2.24) is 19.9 Å². The molecule has 0 fully saturated rings. The maximum Gasteiger partial charge on any atom is 0.240 e. The summed E-state index contributed by atoms with van der Waals surface area (Å²) in [6, 6.07) is 8.16. The lowest BCUT2D eigenvalue weighted by Gasteiger charge is -2.14. The molecule has 0 radical (unpaired) electrons. The van der Waals surface area contributed by atoms with Gasteiger partial charge in [0.2, 0.25) is 5.91 Å². The zero-order valence-electron chi connectivity index (χ0n) is 14.0. The number of aromatic nitrogens is 3. The molecule has 5 nitrogen and oxygen atoms in total. The second kappa shape index (κ2) is 6.97. The summed E-state index contributed by atoms with van der Waals surface area (Å²) in [6.07, 6.45) is 3.52. The van der Waals surface area contributed by atoms with Crippen LogP contribution in [0.25, 0.3) is 10.7 Å². The number of hydrogen-bond donors (Lipinski definition) is 1. The first-order chi connectivity index (χ1) is 11.5. The molecule has 24 heavy (non-hydrogen) atoms. The van der Waals surface area contributed by atoms with Crippen LogP contribution in [0.1, 0.15) is 29.8 Å². The molecule has 0 saturated heterocycles. The van der Waals surface area contributed by atoms with Crippen molar-refractivity contribution in [1.29, 1.82) is 0 Å². The largest absolute Gasteiger partial charge is 0.348 e. The molecule has 6 heteroatoms. The van der Waals surface area contributed by atoms with E-state index >= 15 is 0 Å². The van der Waals surface area contributed by atoms with Gasteiger partial charge in [-0.3, -0.25) is 4.79 Å². The minimum absolute atomic E-state index is 0.0253. The zero-order chi connectivity index (χ0) is 17.1. The number of carbonyl (C=O) groups is 1. The molecule has 0 aliphatic heterocycles. The normalized spacial score (nSPS) is 12.1. The van der Waals surface area contributed by atoms with E-state index in [1.54, 1.807) is 22.2 Å². The number of carbonyl (C=O) groups excluding carboxylic acids is 1. The molecule has 3 rings (SSSR count). The minimum atomic E-state index is -0.0395. The second-order valence-electron chi connectivity index (χ2n) is 5.93. The van der Waals surface area contributed by atoms with E-state index in [0.717, 1.165) is 22.0 Å². The van der Waals surface area contributed by atoms with E-state index in [2.05, 4.69) is 27.4 Å². The molecule has 0 saturated carbocycles. The number of amides is 1. The van der Waals surface area contributed by atoms with Crippen molar-refractivity contribution < 1.29 is 4.79 Å². The highest BCUT2D eigenvalue weighted by Gasteiger charge is 2.11.